The molecule has 3 amide bonds. The number of aliphatic carboxylic acids is 1. The summed E-state index contributed by atoms with van der Waals surface area (Å²) in [5.41, 5.74) is 2.68. The monoisotopic (exact) mass is 557 g/mol. The molecule has 3 atom stereocenters. The molecular weight excluding hydrogens is 522 g/mol. The van der Waals surface area contributed by atoms with Crippen LogP contribution in [-0.2, 0) is 38.7 Å². The zero-order valence-electron chi connectivity index (χ0n) is 23.0. The number of nitrogens with zero attached hydrogens (tertiary/aromatic N) is 2. The fourth-order valence-electron chi connectivity index (χ4n) is 4.86. The van der Waals surface area contributed by atoms with Gasteiger partial charge in [-0.2, -0.15) is 0 Å². The van der Waals surface area contributed by atoms with E-state index in [0.717, 1.165) is 21.6 Å². The maximum atomic E-state index is 13.7. The molecule has 4 rings (SSSR count). The van der Waals surface area contributed by atoms with Gasteiger partial charge in [-0.05, 0) is 36.0 Å². The van der Waals surface area contributed by atoms with Gasteiger partial charge in [0.1, 0.15) is 12.6 Å². The first-order valence-corrected chi connectivity index (χ1v) is 13.8. The third-order valence-electron chi connectivity index (χ3n) is 7.10. The molecule has 1 fully saturated rings. The van der Waals surface area contributed by atoms with E-state index in [1.54, 1.807) is 6.92 Å². The number of carboxylic acid groups (broad SMARTS) is 1. The number of benzene rings is 3. The number of nitrogens with one attached hydrogen (secondary N) is 1. The summed E-state index contributed by atoms with van der Waals surface area (Å²) in [6.07, 6.45) is 1.13. The van der Waals surface area contributed by atoms with Crippen LogP contribution in [0.25, 0.3) is 0 Å². The van der Waals surface area contributed by atoms with Gasteiger partial charge < -0.3 is 14.7 Å². The first-order valence-electron chi connectivity index (χ1n) is 13.8. The summed E-state index contributed by atoms with van der Waals surface area (Å²) >= 11 is 0. The van der Waals surface area contributed by atoms with Crippen molar-refractivity contribution in [2.45, 2.75) is 57.5 Å². The molecule has 1 aliphatic heterocycles. The molecule has 0 aliphatic carbocycles. The molecule has 214 valence electrons. The number of imide groups is 1. The van der Waals surface area contributed by atoms with Crippen LogP contribution in [0.2, 0.25) is 0 Å². The Bertz CT molecular complexity index is 1320. The Hall–Kier alpha value is -4.50. The van der Waals surface area contributed by atoms with Crippen molar-refractivity contribution in [1.29, 1.82) is 0 Å². The van der Waals surface area contributed by atoms with E-state index in [1.807, 2.05) is 91.0 Å². The van der Waals surface area contributed by atoms with Crippen LogP contribution in [0, 0.1) is 0 Å². The van der Waals surface area contributed by atoms with E-state index in [2.05, 4.69) is 5.32 Å². The van der Waals surface area contributed by atoms with E-state index in [1.165, 1.54) is 4.90 Å². The van der Waals surface area contributed by atoms with Gasteiger partial charge in [0.05, 0.1) is 12.6 Å². The molecule has 3 aromatic carbocycles. The molecule has 41 heavy (non-hydrogen) atoms. The van der Waals surface area contributed by atoms with Gasteiger partial charge in [-0.1, -0.05) is 97.9 Å². The summed E-state index contributed by atoms with van der Waals surface area (Å²) in [5, 5.41) is 13.0. The fourth-order valence-corrected chi connectivity index (χ4v) is 4.86. The van der Waals surface area contributed by atoms with Crippen LogP contribution in [0.5, 0.6) is 0 Å². The maximum Gasteiger partial charge on any atom is 0.328 e. The Labute approximate surface area is 239 Å². The van der Waals surface area contributed by atoms with Crippen molar-refractivity contribution in [3.63, 3.8) is 0 Å². The number of ether oxygens (including phenoxy) is 1. The molecule has 3 aromatic rings. The second kappa shape index (κ2) is 14.2. The number of aryl methyl sites for hydroxylation is 1. The smallest absolute Gasteiger partial charge is 0.328 e. The first-order chi connectivity index (χ1) is 19.9. The van der Waals surface area contributed by atoms with Crippen molar-refractivity contribution in [2.75, 3.05) is 6.54 Å². The molecule has 0 unspecified atom stereocenters. The Morgan fingerprint density at radius 3 is 2.00 bits per heavy atom. The highest BCUT2D eigenvalue weighted by molar-refractivity contribution is 6.03. The molecule has 0 radical (unpaired) electrons. The highest BCUT2D eigenvalue weighted by Gasteiger charge is 2.47. The Balaban J connectivity index is 1.50. The summed E-state index contributed by atoms with van der Waals surface area (Å²) < 4.78 is 5.60. The topological polar surface area (TPSA) is 116 Å². The van der Waals surface area contributed by atoms with Crippen molar-refractivity contribution in [2.24, 2.45) is 0 Å². The van der Waals surface area contributed by atoms with Crippen LogP contribution >= 0.6 is 0 Å². The zero-order chi connectivity index (χ0) is 29.2. The van der Waals surface area contributed by atoms with Crippen molar-refractivity contribution in [3.05, 3.63) is 108 Å². The summed E-state index contributed by atoms with van der Waals surface area (Å²) in [7, 11) is 0. The van der Waals surface area contributed by atoms with Gasteiger partial charge in [-0.25, -0.2) is 14.5 Å². The molecule has 2 N–H and O–H groups in total. The van der Waals surface area contributed by atoms with Crippen LogP contribution in [0.1, 0.15) is 36.5 Å². The number of hydrogen-bond donors (Lipinski definition) is 2. The lowest BCUT2D eigenvalue weighted by Gasteiger charge is -2.27. The van der Waals surface area contributed by atoms with Gasteiger partial charge in [0, 0.05) is 6.54 Å². The Morgan fingerprint density at radius 2 is 1.44 bits per heavy atom. The second-order valence-corrected chi connectivity index (χ2v) is 10.0. The Kier molecular flexibility index (Phi) is 10.2. The SMILES string of the molecule is CC[C@@H](N[C@@H](CCc1ccccc1)C(=O)OCc1ccccc1)C(=O)N1C(=O)N(Cc2ccccc2)C[C@H]1C(=O)O. The lowest BCUT2D eigenvalue weighted by Crippen LogP contribution is -2.55. The lowest BCUT2D eigenvalue weighted by molar-refractivity contribution is -0.150. The minimum Gasteiger partial charge on any atom is -0.480 e. The summed E-state index contributed by atoms with van der Waals surface area (Å²) in [6, 6.07) is 24.3. The number of esters is 1. The molecule has 0 aromatic heterocycles. The number of carbonyl (C=O) groups excluding carboxylic acids is 3. The minimum absolute atomic E-state index is 0.0775. The van der Waals surface area contributed by atoms with Gasteiger partial charge >= 0.3 is 18.0 Å². The van der Waals surface area contributed by atoms with Crippen molar-refractivity contribution >= 4 is 23.9 Å². The number of carbonyl (C=O) groups is 4. The number of rotatable bonds is 13. The molecular formula is C32H35N3O6. The standard InChI is InChI=1S/C32H35N3O6/c1-2-26(29(36)35-28(30(37)38)21-34(32(35)40)20-24-14-8-4-9-15-24)33-27(19-18-23-12-6-3-7-13-23)31(39)41-22-25-16-10-5-11-17-25/h3-17,26-28,33H,2,18-22H2,1H3,(H,37,38)/t26-,27+,28+/m1/s1. The van der Waals surface area contributed by atoms with E-state index in [9.17, 15) is 24.3 Å². The lowest BCUT2D eigenvalue weighted by atomic mass is 10.0. The van der Waals surface area contributed by atoms with Crippen molar-refractivity contribution in [1.82, 2.24) is 15.1 Å². The molecule has 9 nitrogen and oxygen atoms in total. The van der Waals surface area contributed by atoms with E-state index in [4.69, 9.17) is 4.74 Å². The predicted molar refractivity (Wildman–Crippen MR) is 153 cm³/mol. The Morgan fingerprint density at radius 1 is 0.878 bits per heavy atom. The molecule has 0 saturated carbocycles. The summed E-state index contributed by atoms with van der Waals surface area (Å²) in [5.74, 6) is -2.47. The number of amides is 3. The fraction of sp³-hybridized carbons (Fsp3) is 0.312. The van der Waals surface area contributed by atoms with Gasteiger partial charge in [-0.3, -0.25) is 14.9 Å². The number of hydrogen-bond acceptors (Lipinski definition) is 6. The average molecular weight is 558 g/mol. The molecule has 1 heterocycles. The predicted octanol–water partition coefficient (Wildman–Crippen LogP) is 4.02. The van der Waals surface area contributed by atoms with Crippen molar-refractivity contribution < 1.29 is 29.0 Å². The van der Waals surface area contributed by atoms with Gasteiger partial charge in [0.25, 0.3) is 0 Å². The number of urea groups is 1. The van der Waals surface area contributed by atoms with Crippen LogP contribution in [0.15, 0.2) is 91.0 Å². The maximum absolute atomic E-state index is 13.7. The van der Waals surface area contributed by atoms with E-state index in [-0.39, 0.29) is 26.1 Å². The third-order valence-corrected chi connectivity index (χ3v) is 7.10. The van der Waals surface area contributed by atoms with Gasteiger partial charge in [0.15, 0.2) is 6.04 Å². The van der Waals surface area contributed by atoms with Gasteiger partial charge in [-0.15, -0.1) is 0 Å². The highest BCUT2D eigenvalue weighted by Crippen LogP contribution is 2.22. The normalized spacial score (nSPS) is 16.3. The first kappa shape index (κ1) is 29.5. The van der Waals surface area contributed by atoms with E-state index < -0.39 is 42.0 Å². The van der Waals surface area contributed by atoms with Crippen LogP contribution < -0.4 is 5.32 Å². The van der Waals surface area contributed by atoms with Crippen LogP contribution in [0.4, 0.5) is 4.79 Å². The zero-order valence-corrected chi connectivity index (χ0v) is 23.0. The van der Waals surface area contributed by atoms with E-state index >= 15 is 0 Å². The molecule has 0 spiro atoms. The van der Waals surface area contributed by atoms with Crippen LogP contribution in [0.3, 0.4) is 0 Å². The molecule has 1 aliphatic rings. The van der Waals surface area contributed by atoms with Crippen LogP contribution in [-0.4, -0.2) is 63.5 Å². The minimum atomic E-state index is -1.33. The molecule has 0 bridgehead atoms. The highest BCUT2D eigenvalue weighted by atomic mass is 16.5. The molecule has 1 saturated heterocycles. The summed E-state index contributed by atoms with van der Waals surface area (Å²) in [6.45, 7) is 1.88. The summed E-state index contributed by atoms with van der Waals surface area (Å²) in [4.78, 5) is 54.6. The average Bonchev–Trinajstić information content (AvgIpc) is 3.33. The third kappa shape index (κ3) is 7.79. The van der Waals surface area contributed by atoms with Gasteiger partial charge in [0.2, 0.25) is 5.91 Å². The molecule has 9 heteroatoms. The van der Waals surface area contributed by atoms with E-state index in [0.29, 0.717) is 12.8 Å². The quantitative estimate of drug-likeness (QED) is 0.305. The largest absolute Gasteiger partial charge is 0.480 e. The van der Waals surface area contributed by atoms with Crippen molar-refractivity contribution in [3.8, 4) is 0 Å². The number of carboxylic acids is 1. The second-order valence-electron chi connectivity index (χ2n) is 10.0.